The highest BCUT2D eigenvalue weighted by molar-refractivity contribution is 5.59. The highest BCUT2D eigenvalue weighted by Gasteiger charge is 2.25. The third-order valence-electron chi connectivity index (χ3n) is 2.50. The maximum atomic E-state index is 11.1. The fraction of sp³-hybridized carbons (Fsp3) is 0.727. The van der Waals surface area contributed by atoms with Gasteiger partial charge < -0.3 is 10.1 Å². The van der Waals surface area contributed by atoms with Gasteiger partial charge in [-0.2, -0.15) is 5.10 Å². The summed E-state index contributed by atoms with van der Waals surface area (Å²) in [6, 6.07) is 0. The van der Waals surface area contributed by atoms with Crippen molar-refractivity contribution in [2.75, 3.05) is 25.1 Å². The second-order valence-electron chi connectivity index (χ2n) is 3.90. The molecule has 102 valence electrons. The first kappa shape index (κ1) is 14.4. The van der Waals surface area contributed by atoms with Crippen molar-refractivity contribution >= 4 is 11.5 Å². The van der Waals surface area contributed by atoms with Crippen LogP contribution in [-0.2, 0) is 18.2 Å². The molecule has 0 spiro atoms. The van der Waals surface area contributed by atoms with Crippen LogP contribution in [0.25, 0.3) is 0 Å². The number of hydrogen-bond acceptors (Lipinski definition) is 5. The lowest BCUT2D eigenvalue weighted by Gasteiger charge is -2.05. The number of nitrogens with zero attached hydrogens (tertiary/aromatic N) is 3. The molecular weight excluding hydrogens is 236 g/mol. The smallest absolute Gasteiger partial charge is 0.333 e. The van der Waals surface area contributed by atoms with E-state index in [0.29, 0.717) is 37.7 Å². The molecule has 0 amide bonds. The number of rotatable bonds is 8. The number of nitrogens with one attached hydrogen (secondary N) is 1. The zero-order chi connectivity index (χ0) is 13.5. The lowest BCUT2D eigenvalue weighted by Crippen LogP contribution is -2.12. The Kier molecular flexibility index (Phi) is 5.57. The minimum atomic E-state index is -0.374. The van der Waals surface area contributed by atoms with Gasteiger partial charge in [-0.3, -0.25) is 10.1 Å². The van der Waals surface area contributed by atoms with Gasteiger partial charge in [-0.1, -0.05) is 13.3 Å². The number of aromatic nitrogens is 2. The Hall–Kier alpha value is -1.63. The van der Waals surface area contributed by atoms with Crippen LogP contribution in [0.2, 0.25) is 0 Å². The summed E-state index contributed by atoms with van der Waals surface area (Å²) in [6.07, 6.45) is 1.44. The van der Waals surface area contributed by atoms with Crippen LogP contribution in [0.1, 0.15) is 26.0 Å². The average molecular weight is 256 g/mol. The second-order valence-corrected chi connectivity index (χ2v) is 3.90. The Morgan fingerprint density at radius 2 is 2.22 bits per heavy atom. The Balaban J connectivity index is 2.84. The van der Waals surface area contributed by atoms with Crippen molar-refractivity contribution in [2.24, 2.45) is 7.05 Å². The van der Waals surface area contributed by atoms with Crippen molar-refractivity contribution in [2.45, 2.75) is 26.7 Å². The molecule has 0 saturated heterocycles. The van der Waals surface area contributed by atoms with Gasteiger partial charge in [-0.25, -0.2) is 4.68 Å². The predicted molar refractivity (Wildman–Crippen MR) is 68.8 cm³/mol. The monoisotopic (exact) mass is 256 g/mol. The molecule has 0 bridgehead atoms. The van der Waals surface area contributed by atoms with E-state index in [1.165, 1.54) is 4.68 Å². The normalized spacial score (nSPS) is 10.6. The van der Waals surface area contributed by atoms with E-state index < -0.39 is 0 Å². The first-order valence-electron chi connectivity index (χ1n) is 6.13. The third kappa shape index (κ3) is 3.43. The number of hydrogen-bond donors (Lipinski definition) is 1. The van der Waals surface area contributed by atoms with Gasteiger partial charge in [0.15, 0.2) is 0 Å². The summed E-state index contributed by atoms with van der Waals surface area (Å²) in [5, 5.41) is 18.3. The van der Waals surface area contributed by atoms with Gasteiger partial charge in [0.1, 0.15) is 5.69 Å². The van der Waals surface area contributed by atoms with Crippen molar-refractivity contribution in [1.82, 2.24) is 9.78 Å². The van der Waals surface area contributed by atoms with Gasteiger partial charge in [0, 0.05) is 20.2 Å². The molecule has 0 aliphatic carbocycles. The first-order chi connectivity index (χ1) is 8.61. The molecule has 1 heterocycles. The van der Waals surface area contributed by atoms with Crippen molar-refractivity contribution in [3.63, 3.8) is 0 Å². The largest absolute Gasteiger partial charge is 0.380 e. The number of nitro groups is 1. The number of aryl methyl sites for hydroxylation is 2. The lowest BCUT2D eigenvalue weighted by atomic mass is 10.2. The van der Waals surface area contributed by atoms with Crippen molar-refractivity contribution < 1.29 is 9.66 Å². The quantitative estimate of drug-likeness (QED) is 0.435. The van der Waals surface area contributed by atoms with Gasteiger partial charge in [-0.15, -0.1) is 0 Å². The number of ether oxygens (including phenoxy) is 1. The van der Waals surface area contributed by atoms with E-state index in [4.69, 9.17) is 4.74 Å². The number of anilines is 1. The molecule has 0 aliphatic heterocycles. The third-order valence-corrected chi connectivity index (χ3v) is 2.50. The summed E-state index contributed by atoms with van der Waals surface area (Å²) < 4.78 is 6.71. The van der Waals surface area contributed by atoms with E-state index in [-0.39, 0.29) is 10.6 Å². The van der Waals surface area contributed by atoms with E-state index >= 15 is 0 Å². The van der Waals surface area contributed by atoms with Crippen LogP contribution < -0.4 is 5.32 Å². The highest BCUT2D eigenvalue weighted by Crippen LogP contribution is 2.28. The van der Waals surface area contributed by atoms with Crippen LogP contribution in [0.5, 0.6) is 0 Å². The van der Waals surface area contributed by atoms with Crippen LogP contribution in [0.4, 0.5) is 11.5 Å². The topological polar surface area (TPSA) is 82.2 Å². The van der Waals surface area contributed by atoms with E-state index in [2.05, 4.69) is 10.4 Å². The molecule has 1 aromatic heterocycles. The van der Waals surface area contributed by atoms with Gasteiger partial charge >= 0.3 is 5.69 Å². The first-order valence-corrected chi connectivity index (χ1v) is 6.13. The predicted octanol–water partition coefficient (Wildman–Crippen LogP) is 1.73. The molecule has 0 unspecified atom stereocenters. The molecule has 0 radical (unpaired) electrons. The molecule has 1 N–H and O–H groups in total. The molecule has 0 saturated carbocycles. The maximum absolute atomic E-state index is 11.1. The summed E-state index contributed by atoms with van der Waals surface area (Å²) in [5.41, 5.74) is 0.611. The van der Waals surface area contributed by atoms with Crippen LogP contribution in [0.3, 0.4) is 0 Å². The fourth-order valence-electron chi connectivity index (χ4n) is 1.75. The van der Waals surface area contributed by atoms with Crippen molar-refractivity contribution in [3.05, 3.63) is 15.8 Å². The SMILES string of the molecule is CCCc1nn(C)c(NCCOCC)c1[N+](=O)[O-]. The highest BCUT2D eigenvalue weighted by atomic mass is 16.6. The molecular formula is C11H20N4O3. The fourth-order valence-corrected chi connectivity index (χ4v) is 1.75. The molecule has 0 atom stereocenters. The van der Waals surface area contributed by atoms with Gasteiger partial charge in [0.05, 0.1) is 11.5 Å². The van der Waals surface area contributed by atoms with Crippen LogP contribution in [0.15, 0.2) is 0 Å². The second kappa shape index (κ2) is 6.95. The van der Waals surface area contributed by atoms with E-state index in [1.807, 2.05) is 13.8 Å². The summed E-state index contributed by atoms with van der Waals surface area (Å²) in [7, 11) is 1.70. The molecule has 0 fully saturated rings. The molecule has 1 aromatic rings. The minimum absolute atomic E-state index is 0.0795. The molecule has 0 aliphatic rings. The standard InChI is InChI=1S/C11H20N4O3/c1-4-6-9-10(15(16)17)11(14(3)13-9)12-7-8-18-5-2/h12H,4-8H2,1-3H3. The van der Waals surface area contributed by atoms with Gasteiger partial charge in [0.25, 0.3) is 0 Å². The molecule has 1 rings (SSSR count). The lowest BCUT2D eigenvalue weighted by molar-refractivity contribution is -0.384. The van der Waals surface area contributed by atoms with Crippen LogP contribution in [-0.4, -0.2) is 34.5 Å². The van der Waals surface area contributed by atoms with Crippen molar-refractivity contribution in [1.29, 1.82) is 0 Å². The Labute approximate surface area is 106 Å². The van der Waals surface area contributed by atoms with Gasteiger partial charge in [0.2, 0.25) is 5.82 Å². The minimum Gasteiger partial charge on any atom is -0.380 e. The molecule has 0 aromatic carbocycles. The Morgan fingerprint density at radius 3 is 2.78 bits per heavy atom. The summed E-state index contributed by atoms with van der Waals surface area (Å²) in [4.78, 5) is 10.7. The van der Waals surface area contributed by atoms with Crippen molar-refractivity contribution in [3.8, 4) is 0 Å². The zero-order valence-corrected chi connectivity index (χ0v) is 11.1. The molecule has 7 heteroatoms. The van der Waals surface area contributed by atoms with E-state index in [0.717, 1.165) is 6.42 Å². The van der Waals surface area contributed by atoms with Crippen LogP contribution >= 0.6 is 0 Å². The summed E-state index contributed by atoms with van der Waals surface area (Å²) >= 11 is 0. The molecule has 18 heavy (non-hydrogen) atoms. The maximum Gasteiger partial charge on any atom is 0.333 e. The van der Waals surface area contributed by atoms with E-state index in [1.54, 1.807) is 7.05 Å². The summed E-state index contributed by atoms with van der Waals surface area (Å²) in [6.45, 7) is 5.56. The molecule has 7 nitrogen and oxygen atoms in total. The van der Waals surface area contributed by atoms with Gasteiger partial charge in [-0.05, 0) is 13.3 Å². The van der Waals surface area contributed by atoms with E-state index in [9.17, 15) is 10.1 Å². The zero-order valence-electron chi connectivity index (χ0n) is 11.1. The Bertz CT molecular complexity index is 403. The average Bonchev–Trinajstić information content (AvgIpc) is 2.62. The summed E-state index contributed by atoms with van der Waals surface area (Å²) in [5.74, 6) is 0.447. The van der Waals surface area contributed by atoms with Crippen LogP contribution in [0, 0.1) is 10.1 Å². The Morgan fingerprint density at radius 1 is 1.50 bits per heavy atom.